The fourth-order valence-electron chi connectivity index (χ4n) is 3.34. The van der Waals surface area contributed by atoms with Gasteiger partial charge in [0.1, 0.15) is 0 Å². The van der Waals surface area contributed by atoms with E-state index in [1.165, 1.54) is 24.0 Å². The van der Waals surface area contributed by atoms with Crippen LogP contribution in [0.25, 0.3) is 0 Å². The van der Waals surface area contributed by atoms with Crippen molar-refractivity contribution in [3.63, 3.8) is 0 Å². The summed E-state index contributed by atoms with van der Waals surface area (Å²) in [6.45, 7) is 3.05. The van der Waals surface area contributed by atoms with Gasteiger partial charge in [-0.05, 0) is 62.8 Å². The molecule has 2 atom stereocenters. The molecule has 19 heavy (non-hydrogen) atoms. The summed E-state index contributed by atoms with van der Waals surface area (Å²) in [6, 6.07) is 6.61. The van der Waals surface area contributed by atoms with Crippen molar-refractivity contribution in [2.75, 3.05) is 11.9 Å². The highest BCUT2D eigenvalue weighted by Gasteiger charge is 2.29. The number of anilines is 1. The summed E-state index contributed by atoms with van der Waals surface area (Å²) in [5.41, 5.74) is 3.82. The lowest BCUT2D eigenvalue weighted by molar-refractivity contribution is -0.120. The minimum absolute atomic E-state index is 0.111. The number of benzene rings is 1. The minimum Gasteiger partial charge on any atom is -0.326 e. The Bertz CT molecular complexity index is 484. The molecule has 0 saturated carbocycles. The molecule has 1 saturated heterocycles. The molecule has 1 aromatic carbocycles. The van der Waals surface area contributed by atoms with E-state index in [2.05, 4.69) is 35.8 Å². The second-order valence-electron chi connectivity index (χ2n) is 5.78. The molecule has 3 nitrogen and oxygen atoms in total. The smallest absolute Gasteiger partial charge is 0.229 e. The molecule has 1 aromatic rings. The summed E-state index contributed by atoms with van der Waals surface area (Å²) in [7, 11) is 0. The molecule has 1 fully saturated rings. The van der Waals surface area contributed by atoms with Crippen molar-refractivity contribution in [3.05, 3.63) is 29.3 Å². The van der Waals surface area contributed by atoms with Crippen LogP contribution in [0, 0.1) is 5.92 Å². The zero-order valence-corrected chi connectivity index (χ0v) is 11.5. The van der Waals surface area contributed by atoms with Crippen LogP contribution in [0.4, 0.5) is 5.69 Å². The molecule has 1 heterocycles. The maximum atomic E-state index is 12.4. The highest BCUT2D eigenvalue weighted by Crippen LogP contribution is 2.28. The first-order valence-electron chi connectivity index (χ1n) is 7.41. The summed E-state index contributed by atoms with van der Waals surface area (Å²) in [5, 5.41) is 6.50. The second kappa shape index (κ2) is 5.33. The number of carbonyl (C=O) groups is 1. The molecule has 2 unspecified atom stereocenters. The fourth-order valence-corrected chi connectivity index (χ4v) is 3.34. The van der Waals surface area contributed by atoms with Gasteiger partial charge in [0.25, 0.3) is 0 Å². The fraction of sp³-hybridized carbons (Fsp3) is 0.562. The minimum atomic E-state index is 0.111. The molecule has 1 amide bonds. The van der Waals surface area contributed by atoms with Crippen LogP contribution >= 0.6 is 0 Å². The Hall–Kier alpha value is -1.35. The van der Waals surface area contributed by atoms with Crippen LogP contribution in [0.5, 0.6) is 0 Å². The van der Waals surface area contributed by atoms with Crippen LogP contribution in [0.15, 0.2) is 18.2 Å². The molecule has 2 N–H and O–H groups in total. The average molecular weight is 258 g/mol. The van der Waals surface area contributed by atoms with Gasteiger partial charge in [-0.2, -0.15) is 0 Å². The zero-order chi connectivity index (χ0) is 13.2. The normalized spacial score (nSPS) is 25.9. The van der Waals surface area contributed by atoms with E-state index in [4.69, 9.17) is 0 Å². The number of nitrogens with one attached hydrogen (secondary N) is 2. The van der Waals surface area contributed by atoms with Gasteiger partial charge in [0.2, 0.25) is 5.91 Å². The number of hydrogen-bond acceptors (Lipinski definition) is 2. The molecule has 1 aliphatic heterocycles. The number of rotatable bonds is 2. The molecular formula is C16H22N2O. The third kappa shape index (κ3) is 2.52. The largest absolute Gasteiger partial charge is 0.326 e. The van der Waals surface area contributed by atoms with Crippen LogP contribution in [0.2, 0.25) is 0 Å². The van der Waals surface area contributed by atoms with Crippen LogP contribution in [0.3, 0.4) is 0 Å². The van der Waals surface area contributed by atoms with E-state index in [1.54, 1.807) is 0 Å². The van der Waals surface area contributed by atoms with E-state index in [0.29, 0.717) is 6.04 Å². The Morgan fingerprint density at radius 2 is 2.16 bits per heavy atom. The second-order valence-corrected chi connectivity index (χ2v) is 5.78. The number of amides is 1. The first-order chi connectivity index (χ1) is 9.25. The van der Waals surface area contributed by atoms with Crippen LogP contribution in [0.1, 0.15) is 37.3 Å². The average Bonchev–Trinajstić information content (AvgIpc) is 2.85. The number of fused-ring (bicyclic) bond motifs is 1. The number of hydrogen-bond donors (Lipinski definition) is 2. The predicted molar refractivity (Wildman–Crippen MR) is 77.3 cm³/mol. The molecule has 0 spiro atoms. The lowest BCUT2D eigenvalue weighted by atomic mass is 9.90. The maximum Gasteiger partial charge on any atom is 0.229 e. The van der Waals surface area contributed by atoms with Gasteiger partial charge in [-0.1, -0.05) is 12.1 Å². The highest BCUT2D eigenvalue weighted by molar-refractivity contribution is 5.94. The Kier molecular flexibility index (Phi) is 3.56. The summed E-state index contributed by atoms with van der Waals surface area (Å²) in [5.74, 6) is 0.288. The quantitative estimate of drug-likeness (QED) is 0.855. The van der Waals surface area contributed by atoms with Crippen LogP contribution < -0.4 is 10.6 Å². The van der Waals surface area contributed by atoms with E-state index < -0.39 is 0 Å². The van der Waals surface area contributed by atoms with Gasteiger partial charge in [0.05, 0.1) is 5.92 Å². The third-order valence-electron chi connectivity index (χ3n) is 4.52. The van der Waals surface area contributed by atoms with Crippen molar-refractivity contribution >= 4 is 11.6 Å². The van der Waals surface area contributed by atoms with Crippen molar-refractivity contribution in [1.82, 2.24) is 5.32 Å². The summed E-state index contributed by atoms with van der Waals surface area (Å²) < 4.78 is 0. The van der Waals surface area contributed by atoms with E-state index in [0.717, 1.165) is 31.5 Å². The predicted octanol–water partition coefficient (Wildman–Crippen LogP) is 2.50. The van der Waals surface area contributed by atoms with Crippen molar-refractivity contribution in [3.8, 4) is 0 Å². The van der Waals surface area contributed by atoms with Gasteiger partial charge in [-0.25, -0.2) is 0 Å². The Balaban J connectivity index is 1.78. The molecule has 0 bridgehead atoms. The molecular weight excluding hydrogens is 236 g/mol. The Labute approximate surface area is 114 Å². The van der Waals surface area contributed by atoms with Crippen molar-refractivity contribution in [2.24, 2.45) is 5.92 Å². The SMILES string of the molecule is CC1NCCC1C(=O)Nc1cccc2c1CCCC2. The number of aryl methyl sites for hydroxylation is 1. The van der Waals surface area contributed by atoms with Crippen LogP contribution in [-0.2, 0) is 17.6 Å². The topological polar surface area (TPSA) is 41.1 Å². The summed E-state index contributed by atoms with van der Waals surface area (Å²) >= 11 is 0. The van der Waals surface area contributed by atoms with Gasteiger partial charge in [0.15, 0.2) is 0 Å². The van der Waals surface area contributed by atoms with Gasteiger partial charge in [-0.15, -0.1) is 0 Å². The molecule has 2 aliphatic rings. The lowest BCUT2D eigenvalue weighted by Crippen LogP contribution is -2.32. The first kappa shape index (κ1) is 12.7. The monoisotopic (exact) mass is 258 g/mol. The molecule has 0 aromatic heterocycles. The summed E-state index contributed by atoms with van der Waals surface area (Å²) in [4.78, 5) is 12.4. The molecule has 1 aliphatic carbocycles. The first-order valence-corrected chi connectivity index (χ1v) is 7.41. The lowest BCUT2D eigenvalue weighted by Gasteiger charge is -2.21. The maximum absolute atomic E-state index is 12.4. The van der Waals surface area contributed by atoms with E-state index in [1.807, 2.05) is 0 Å². The van der Waals surface area contributed by atoms with E-state index in [9.17, 15) is 4.79 Å². The third-order valence-corrected chi connectivity index (χ3v) is 4.52. The highest BCUT2D eigenvalue weighted by atomic mass is 16.1. The van der Waals surface area contributed by atoms with Gasteiger partial charge in [-0.3, -0.25) is 4.79 Å². The molecule has 3 heteroatoms. The van der Waals surface area contributed by atoms with Crippen molar-refractivity contribution in [1.29, 1.82) is 0 Å². The van der Waals surface area contributed by atoms with Gasteiger partial charge < -0.3 is 10.6 Å². The van der Waals surface area contributed by atoms with E-state index >= 15 is 0 Å². The van der Waals surface area contributed by atoms with Gasteiger partial charge >= 0.3 is 0 Å². The van der Waals surface area contributed by atoms with Crippen molar-refractivity contribution in [2.45, 2.75) is 45.1 Å². The van der Waals surface area contributed by atoms with Crippen LogP contribution in [-0.4, -0.2) is 18.5 Å². The summed E-state index contributed by atoms with van der Waals surface area (Å²) in [6.07, 6.45) is 5.71. The van der Waals surface area contributed by atoms with Gasteiger partial charge in [0, 0.05) is 11.7 Å². The Morgan fingerprint density at radius 3 is 2.95 bits per heavy atom. The molecule has 0 radical (unpaired) electrons. The molecule has 102 valence electrons. The van der Waals surface area contributed by atoms with E-state index in [-0.39, 0.29) is 11.8 Å². The zero-order valence-electron chi connectivity index (χ0n) is 11.5. The standard InChI is InChI=1S/C16H22N2O/c1-11-13(9-10-17-11)16(19)18-15-8-4-6-12-5-2-3-7-14(12)15/h4,6,8,11,13,17H,2-3,5,7,9-10H2,1H3,(H,18,19). The number of carbonyl (C=O) groups excluding carboxylic acids is 1. The Morgan fingerprint density at radius 1 is 1.32 bits per heavy atom. The van der Waals surface area contributed by atoms with Crippen molar-refractivity contribution < 1.29 is 4.79 Å². The molecule has 3 rings (SSSR count).